The Morgan fingerprint density at radius 1 is 0.744 bits per heavy atom. The van der Waals surface area contributed by atoms with E-state index in [2.05, 4.69) is 20.6 Å². The van der Waals surface area contributed by atoms with E-state index in [0.29, 0.717) is 23.4 Å². The van der Waals surface area contributed by atoms with E-state index in [1.165, 1.54) is 38.7 Å². The summed E-state index contributed by atoms with van der Waals surface area (Å²) < 4.78 is 10.1. The summed E-state index contributed by atoms with van der Waals surface area (Å²) in [5, 5.41) is 6.12. The van der Waals surface area contributed by atoms with Crippen LogP contribution in [0.3, 0.4) is 0 Å². The molecule has 0 aliphatic heterocycles. The quantitative estimate of drug-likeness (QED) is 0.185. The molecule has 2 aromatic heterocycles. The summed E-state index contributed by atoms with van der Waals surface area (Å²) in [7, 11) is 2.87. The molecular weight excluding hydrogens is 554 g/mol. The number of anilines is 2. The zero-order valence-electron chi connectivity index (χ0n) is 22.9. The fourth-order valence-corrected chi connectivity index (χ4v) is 3.14. The molecule has 0 aliphatic rings. The van der Waals surface area contributed by atoms with Gasteiger partial charge in [0.2, 0.25) is 0 Å². The monoisotopic (exact) mass is 587 g/mol. The lowest BCUT2D eigenvalue weighted by Gasteiger charge is -2.13. The molecule has 0 unspecified atom stereocenters. The number of pyridine rings is 2. The molecule has 0 aliphatic carbocycles. The Labute approximate surface area is 249 Å². The summed E-state index contributed by atoms with van der Waals surface area (Å²) in [5.74, 6) is -0.384. The molecule has 224 valence electrons. The normalized spacial score (nSPS) is 9.63. The first kappa shape index (κ1) is 33.6. The van der Waals surface area contributed by atoms with Gasteiger partial charge in [0.15, 0.2) is 6.29 Å². The van der Waals surface area contributed by atoms with Gasteiger partial charge in [-0.15, -0.1) is 0 Å². The van der Waals surface area contributed by atoms with Gasteiger partial charge in [0.05, 0.1) is 30.9 Å². The van der Waals surface area contributed by atoms with E-state index in [1.807, 2.05) is 60.7 Å². The molecule has 2 aromatic carbocycles. The minimum Gasteiger partial charge on any atom is -0.444 e. The van der Waals surface area contributed by atoms with Crippen LogP contribution in [-0.2, 0) is 27.5 Å². The number of hydrogen-bond acceptors (Lipinski definition) is 9. The third-order valence-corrected chi connectivity index (χ3v) is 5.37. The number of ether oxygens (including phenoxy) is 2. The SMILES string of the molecule is C.CON(C)C(=O)c1ccc(NC(=O)OCc2ccccc2)cn1.O=Cc1ccc(NC(=O)OCc2ccccc2)cn1. The summed E-state index contributed by atoms with van der Waals surface area (Å²) in [5.41, 5.74) is 3.22. The van der Waals surface area contributed by atoms with Crippen LogP contribution in [0.25, 0.3) is 0 Å². The van der Waals surface area contributed by atoms with Crippen LogP contribution in [0.15, 0.2) is 97.3 Å². The first-order valence-corrected chi connectivity index (χ1v) is 12.5. The van der Waals surface area contributed by atoms with Gasteiger partial charge in [-0.3, -0.25) is 30.0 Å². The molecule has 4 rings (SSSR count). The molecule has 0 saturated carbocycles. The molecule has 0 bridgehead atoms. The minimum absolute atomic E-state index is 0. The molecular formula is C31H33N5O7. The van der Waals surface area contributed by atoms with Gasteiger partial charge in [0, 0.05) is 7.05 Å². The zero-order valence-corrected chi connectivity index (χ0v) is 22.9. The third-order valence-electron chi connectivity index (χ3n) is 5.37. The smallest absolute Gasteiger partial charge is 0.412 e. The van der Waals surface area contributed by atoms with E-state index in [9.17, 15) is 19.2 Å². The third kappa shape index (κ3) is 11.8. The largest absolute Gasteiger partial charge is 0.444 e. The van der Waals surface area contributed by atoms with Crippen LogP contribution in [0, 0.1) is 0 Å². The predicted molar refractivity (Wildman–Crippen MR) is 160 cm³/mol. The van der Waals surface area contributed by atoms with Crippen LogP contribution in [0.4, 0.5) is 21.0 Å². The fraction of sp³-hybridized carbons (Fsp3) is 0.161. The zero-order chi connectivity index (χ0) is 30.2. The van der Waals surface area contributed by atoms with Gasteiger partial charge in [-0.05, 0) is 35.4 Å². The molecule has 4 aromatic rings. The second-order valence-electron chi connectivity index (χ2n) is 8.38. The van der Waals surface area contributed by atoms with E-state index >= 15 is 0 Å². The van der Waals surface area contributed by atoms with Crippen molar-refractivity contribution in [2.45, 2.75) is 20.6 Å². The predicted octanol–water partition coefficient (Wildman–Crippen LogP) is 5.74. The maximum Gasteiger partial charge on any atom is 0.412 e. The van der Waals surface area contributed by atoms with Crippen molar-refractivity contribution in [2.75, 3.05) is 24.8 Å². The lowest BCUT2D eigenvalue weighted by molar-refractivity contribution is -0.0760. The van der Waals surface area contributed by atoms with Crippen LogP contribution >= 0.6 is 0 Å². The number of rotatable bonds is 9. The second kappa shape index (κ2) is 17.9. The van der Waals surface area contributed by atoms with Gasteiger partial charge >= 0.3 is 12.2 Å². The molecule has 2 heterocycles. The summed E-state index contributed by atoms with van der Waals surface area (Å²) in [4.78, 5) is 58.0. The van der Waals surface area contributed by atoms with Gasteiger partial charge in [-0.2, -0.15) is 0 Å². The number of hydroxylamine groups is 2. The molecule has 12 nitrogen and oxygen atoms in total. The Morgan fingerprint density at radius 2 is 1.23 bits per heavy atom. The van der Waals surface area contributed by atoms with Crippen LogP contribution in [0.2, 0.25) is 0 Å². The summed E-state index contributed by atoms with van der Waals surface area (Å²) in [6, 6.07) is 24.9. The molecule has 12 heteroatoms. The Hall–Kier alpha value is -5.62. The van der Waals surface area contributed by atoms with Gasteiger partial charge in [-0.1, -0.05) is 68.1 Å². The van der Waals surface area contributed by atoms with Crippen molar-refractivity contribution in [3.05, 3.63) is 120 Å². The van der Waals surface area contributed by atoms with Crippen LogP contribution in [0.1, 0.15) is 39.5 Å². The van der Waals surface area contributed by atoms with Crippen molar-refractivity contribution < 1.29 is 33.5 Å². The number of hydrogen-bond donors (Lipinski definition) is 2. The number of benzene rings is 2. The number of aldehydes is 1. The first-order chi connectivity index (χ1) is 20.4. The molecule has 3 amide bonds. The highest BCUT2D eigenvalue weighted by molar-refractivity contribution is 5.92. The van der Waals surface area contributed by atoms with Crippen molar-refractivity contribution in [1.29, 1.82) is 0 Å². The number of nitrogens with one attached hydrogen (secondary N) is 2. The Kier molecular flexibility index (Phi) is 14.0. The number of amides is 3. The van der Waals surface area contributed by atoms with Crippen molar-refractivity contribution in [1.82, 2.24) is 15.0 Å². The van der Waals surface area contributed by atoms with Crippen molar-refractivity contribution in [3.63, 3.8) is 0 Å². The topological polar surface area (TPSA) is 149 Å². The highest BCUT2D eigenvalue weighted by Gasteiger charge is 2.13. The standard InChI is InChI=1S/C16H17N3O4.C14H12N2O3.CH4/c1-19(22-2)15(20)14-9-8-13(10-17-14)18-16(21)23-11-12-6-4-3-5-7-12;17-9-13-7-6-12(8-15-13)16-14(18)19-10-11-4-2-1-3-5-11;/h3-10H,11H2,1-2H3,(H,18,21);1-9H,10H2,(H,16,18);1H4. The van der Waals surface area contributed by atoms with Gasteiger partial charge in [0.1, 0.15) is 24.6 Å². The summed E-state index contributed by atoms with van der Waals surface area (Å²) in [6.07, 6.45) is 2.25. The average molecular weight is 588 g/mol. The van der Waals surface area contributed by atoms with Crippen LogP contribution < -0.4 is 10.6 Å². The molecule has 0 fully saturated rings. The maximum atomic E-state index is 11.8. The van der Waals surface area contributed by atoms with Crippen LogP contribution in [-0.4, -0.2) is 53.6 Å². The van der Waals surface area contributed by atoms with Gasteiger partial charge in [0.25, 0.3) is 5.91 Å². The Morgan fingerprint density at radius 3 is 1.63 bits per heavy atom. The number of aromatic nitrogens is 2. The maximum absolute atomic E-state index is 11.8. The summed E-state index contributed by atoms with van der Waals surface area (Å²) >= 11 is 0. The number of nitrogens with zero attached hydrogens (tertiary/aromatic N) is 3. The average Bonchev–Trinajstić information content (AvgIpc) is 3.04. The molecule has 43 heavy (non-hydrogen) atoms. The highest BCUT2D eigenvalue weighted by atomic mass is 16.7. The molecule has 0 radical (unpaired) electrons. The van der Waals surface area contributed by atoms with Crippen molar-refractivity contribution in [2.24, 2.45) is 0 Å². The van der Waals surface area contributed by atoms with Gasteiger partial charge in [-0.25, -0.2) is 19.6 Å². The van der Waals surface area contributed by atoms with Crippen molar-refractivity contribution in [3.8, 4) is 0 Å². The van der Waals surface area contributed by atoms with E-state index < -0.39 is 12.2 Å². The number of carbonyl (C=O) groups excluding carboxylic acids is 4. The van der Waals surface area contributed by atoms with Crippen molar-refractivity contribution >= 4 is 35.8 Å². The minimum atomic E-state index is -0.594. The lowest BCUT2D eigenvalue weighted by Crippen LogP contribution is -2.26. The lowest BCUT2D eigenvalue weighted by atomic mass is 10.2. The molecule has 0 atom stereocenters. The first-order valence-electron chi connectivity index (χ1n) is 12.5. The van der Waals surface area contributed by atoms with Gasteiger partial charge < -0.3 is 9.47 Å². The molecule has 2 N–H and O–H groups in total. The Balaban J connectivity index is 0.000000298. The summed E-state index contributed by atoms with van der Waals surface area (Å²) in [6.45, 7) is 0.377. The Bertz CT molecular complexity index is 1440. The van der Waals surface area contributed by atoms with E-state index in [4.69, 9.17) is 14.3 Å². The van der Waals surface area contributed by atoms with Crippen LogP contribution in [0.5, 0.6) is 0 Å². The number of carbonyl (C=O) groups is 4. The second-order valence-corrected chi connectivity index (χ2v) is 8.38. The molecule has 0 spiro atoms. The van der Waals surface area contributed by atoms with E-state index in [-0.39, 0.29) is 32.2 Å². The highest BCUT2D eigenvalue weighted by Crippen LogP contribution is 2.10. The van der Waals surface area contributed by atoms with E-state index in [1.54, 1.807) is 12.1 Å². The molecule has 0 saturated heterocycles. The van der Waals surface area contributed by atoms with E-state index in [0.717, 1.165) is 16.2 Å². The fourth-order valence-electron chi connectivity index (χ4n) is 3.14.